The first kappa shape index (κ1) is 19.5. The number of ether oxygens (including phenoxy) is 2. The highest BCUT2D eigenvalue weighted by Crippen LogP contribution is 2.34. The smallest absolute Gasteiger partial charge is 0.266 e. The molecule has 0 spiro atoms. The maximum atomic E-state index is 12.8. The van der Waals surface area contributed by atoms with Crippen LogP contribution < -0.4 is 9.47 Å². The molecule has 2 aromatic carbocycles. The van der Waals surface area contributed by atoms with Gasteiger partial charge in [-0.2, -0.15) is 0 Å². The molecule has 2 aromatic rings. The van der Waals surface area contributed by atoms with Crippen molar-refractivity contribution >= 4 is 40.3 Å². The predicted octanol–water partition coefficient (Wildman–Crippen LogP) is 4.54. The summed E-state index contributed by atoms with van der Waals surface area (Å²) in [6, 6.07) is 15.7. The van der Waals surface area contributed by atoms with Crippen LogP contribution in [0.15, 0.2) is 53.4 Å². The zero-order valence-corrected chi connectivity index (χ0v) is 16.9. The van der Waals surface area contributed by atoms with Crippen molar-refractivity contribution in [3.05, 3.63) is 64.6 Å². The third-order valence-electron chi connectivity index (χ3n) is 4.13. The maximum absolute atomic E-state index is 12.8. The quantitative estimate of drug-likeness (QED) is 0.505. The molecule has 140 valence electrons. The zero-order chi connectivity index (χ0) is 19.2. The van der Waals surface area contributed by atoms with Gasteiger partial charge in [0.25, 0.3) is 5.91 Å². The number of hydrogen-bond acceptors (Lipinski definition) is 5. The van der Waals surface area contributed by atoms with Crippen LogP contribution in [0.3, 0.4) is 0 Å². The summed E-state index contributed by atoms with van der Waals surface area (Å²) in [6.07, 6.45) is 2.62. The van der Waals surface area contributed by atoms with E-state index in [-0.39, 0.29) is 5.91 Å². The first-order valence-corrected chi connectivity index (χ1v) is 9.95. The number of thiocarbonyl (C=S) groups is 1. The molecule has 0 N–H and O–H groups in total. The van der Waals surface area contributed by atoms with E-state index in [1.165, 1.54) is 17.3 Å². The minimum absolute atomic E-state index is 0.0474. The summed E-state index contributed by atoms with van der Waals surface area (Å²) in [5.74, 6) is 1.28. The molecular formula is C21H21NO3S2. The van der Waals surface area contributed by atoms with E-state index >= 15 is 0 Å². The lowest BCUT2D eigenvalue weighted by Gasteiger charge is -2.14. The molecule has 1 saturated heterocycles. The van der Waals surface area contributed by atoms with Gasteiger partial charge in [-0.05, 0) is 42.7 Å². The predicted molar refractivity (Wildman–Crippen MR) is 114 cm³/mol. The van der Waals surface area contributed by atoms with Crippen LogP contribution in [0, 0.1) is 0 Å². The van der Waals surface area contributed by atoms with E-state index in [1.807, 2.05) is 49.4 Å². The van der Waals surface area contributed by atoms with Crippen molar-refractivity contribution in [1.29, 1.82) is 0 Å². The number of carbonyl (C=O) groups excluding carboxylic acids is 1. The van der Waals surface area contributed by atoms with Gasteiger partial charge in [-0.15, -0.1) is 0 Å². The van der Waals surface area contributed by atoms with Gasteiger partial charge in [-0.25, -0.2) is 0 Å². The van der Waals surface area contributed by atoms with E-state index < -0.39 is 0 Å². The fourth-order valence-corrected chi connectivity index (χ4v) is 4.09. The molecule has 1 amide bonds. The van der Waals surface area contributed by atoms with E-state index in [1.54, 1.807) is 12.0 Å². The Morgan fingerprint density at radius 2 is 1.93 bits per heavy atom. The number of methoxy groups -OCH3 is 1. The standard InChI is InChI=1S/C21H21NO3S2/c1-3-25-17-10-9-16(13-18(17)24-2)14-19-20(23)22(21(26)27-19)12-11-15-7-5-4-6-8-15/h4-10,13-14H,3,11-12H2,1-2H3. The van der Waals surface area contributed by atoms with Crippen LogP contribution in [0.2, 0.25) is 0 Å². The van der Waals surface area contributed by atoms with Crippen molar-refractivity contribution in [1.82, 2.24) is 4.90 Å². The van der Waals surface area contributed by atoms with Crippen LogP contribution in [0.25, 0.3) is 6.08 Å². The largest absolute Gasteiger partial charge is 0.493 e. The highest BCUT2D eigenvalue weighted by atomic mass is 32.2. The fourth-order valence-electron chi connectivity index (χ4n) is 2.78. The first-order chi connectivity index (χ1) is 13.1. The number of thioether (sulfide) groups is 1. The van der Waals surface area contributed by atoms with Gasteiger partial charge in [0.1, 0.15) is 4.32 Å². The molecule has 1 fully saturated rings. The molecule has 27 heavy (non-hydrogen) atoms. The summed E-state index contributed by atoms with van der Waals surface area (Å²) in [6.45, 7) is 3.07. The van der Waals surface area contributed by atoms with Gasteiger partial charge in [0.2, 0.25) is 0 Å². The Labute approximate surface area is 169 Å². The Morgan fingerprint density at radius 3 is 2.63 bits per heavy atom. The molecule has 0 bridgehead atoms. The Kier molecular flexibility index (Phi) is 6.53. The highest BCUT2D eigenvalue weighted by molar-refractivity contribution is 8.26. The number of nitrogens with zero attached hydrogens (tertiary/aromatic N) is 1. The molecule has 1 aliphatic rings. The van der Waals surface area contributed by atoms with Crippen LogP contribution in [0.1, 0.15) is 18.1 Å². The molecule has 0 aliphatic carbocycles. The molecule has 0 saturated carbocycles. The van der Waals surface area contributed by atoms with Gasteiger partial charge < -0.3 is 9.47 Å². The van der Waals surface area contributed by atoms with Gasteiger partial charge in [-0.1, -0.05) is 60.4 Å². The second kappa shape index (κ2) is 9.06. The average molecular weight is 400 g/mol. The van der Waals surface area contributed by atoms with E-state index in [0.717, 1.165) is 12.0 Å². The van der Waals surface area contributed by atoms with Crippen molar-refractivity contribution in [3.8, 4) is 11.5 Å². The fraction of sp³-hybridized carbons (Fsp3) is 0.238. The Hall–Kier alpha value is -2.31. The van der Waals surface area contributed by atoms with Crippen LogP contribution in [-0.4, -0.2) is 35.4 Å². The molecule has 4 nitrogen and oxygen atoms in total. The lowest BCUT2D eigenvalue weighted by Crippen LogP contribution is -2.30. The molecule has 0 unspecified atom stereocenters. The summed E-state index contributed by atoms with van der Waals surface area (Å²) in [5.41, 5.74) is 2.06. The molecule has 6 heteroatoms. The third-order valence-corrected chi connectivity index (χ3v) is 5.50. The zero-order valence-electron chi connectivity index (χ0n) is 15.3. The van der Waals surface area contributed by atoms with Crippen molar-refractivity contribution in [3.63, 3.8) is 0 Å². The highest BCUT2D eigenvalue weighted by Gasteiger charge is 2.31. The second-order valence-electron chi connectivity index (χ2n) is 5.91. The Morgan fingerprint density at radius 1 is 1.15 bits per heavy atom. The van der Waals surface area contributed by atoms with Crippen LogP contribution in [-0.2, 0) is 11.2 Å². The molecule has 3 rings (SSSR count). The van der Waals surface area contributed by atoms with E-state index in [0.29, 0.717) is 33.9 Å². The summed E-state index contributed by atoms with van der Waals surface area (Å²) in [7, 11) is 1.60. The first-order valence-electron chi connectivity index (χ1n) is 8.72. The lowest BCUT2D eigenvalue weighted by atomic mass is 10.1. The number of benzene rings is 2. The van der Waals surface area contributed by atoms with Gasteiger partial charge in [0.15, 0.2) is 11.5 Å². The second-order valence-corrected chi connectivity index (χ2v) is 7.59. The Balaban J connectivity index is 1.74. The van der Waals surface area contributed by atoms with Gasteiger partial charge in [0, 0.05) is 6.54 Å². The normalized spacial score (nSPS) is 15.5. The molecule has 0 radical (unpaired) electrons. The minimum atomic E-state index is -0.0474. The SMILES string of the molecule is CCOc1ccc(C=C2SC(=S)N(CCc3ccccc3)C2=O)cc1OC. The average Bonchev–Trinajstić information content (AvgIpc) is 2.95. The van der Waals surface area contributed by atoms with E-state index in [9.17, 15) is 4.79 Å². The summed E-state index contributed by atoms with van der Waals surface area (Å²) in [4.78, 5) is 15.1. The molecular weight excluding hydrogens is 378 g/mol. The lowest BCUT2D eigenvalue weighted by molar-refractivity contribution is -0.122. The number of rotatable bonds is 7. The van der Waals surface area contributed by atoms with Crippen molar-refractivity contribution in [2.45, 2.75) is 13.3 Å². The number of carbonyl (C=O) groups is 1. The van der Waals surface area contributed by atoms with Crippen molar-refractivity contribution in [2.24, 2.45) is 0 Å². The summed E-state index contributed by atoms with van der Waals surface area (Å²) < 4.78 is 11.5. The van der Waals surface area contributed by atoms with Crippen LogP contribution in [0.4, 0.5) is 0 Å². The minimum Gasteiger partial charge on any atom is -0.493 e. The number of hydrogen-bond donors (Lipinski definition) is 0. The van der Waals surface area contributed by atoms with Gasteiger partial charge in [0.05, 0.1) is 18.6 Å². The summed E-state index contributed by atoms with van der Waals surface area (Å²) in [5, 5.41) is 0. The third kappa shape index (κ3) is 4.70. The maximum Gasteiger partial charge on any atom is 0.266 e. The monoisotopic (exact) mass is 399 g/mol. The number of amides is 1. The van der Waals surface area contributed by atoms with Crippen LogP contribution >= 0.6 is 24.0 Å². The van der Waals surface area contributed by atoms with Crippen molar-refractivity contribution < 1.29 is 14.3 Å². The van der Waals surface area contributed by atoms with Crippen molar-refractivity contribution in [2.75, 3.05) is 20.3 Å². The molecule has 1 heterocycles. The van der Waals surface area contributed by atoms with Crippen LogP contribution in [0.5, 0.6) is 11.5 Å². The van der Waals surface area contributed by atoms with Gasteiger partial charge >= 0.3 is 0 Å². The molecule has 0 atom stereocenters. The van der Waals surface area contributed by atoms with E-state index in [2.05, 4.69) is 12.1 Å². The molecule has 0 aromatic heterocycles. The topological polar surface area (TPSA) is 38.8 Å². The Bertz CT molecular complexity index is 865. The van der Waals surface area contributed by atoms with Gasteiger partial charge in [-0.3, -0.25) is 9.69 Å². The van der Waals surface area contributed by atoms with E-state index in [4.69, 9.17) is 21.7 Å². The molecule has 1 aliphatic heterocycles. The summed E-state index contributed by atoms with van der Waals surface area (Å²) >= 11 is 6.75.